The number of piperazine rings is 1. The lowest BCUT2D eigenvalue weighted by atomic mass is 10.2. The van der Waals surface area contributed by atoms with Gasteiger partial charge in [-0.2, -0.15) is 0 Å². The van der Waals surface area contributed by atoms with Crippen LogP contribution in [0.25, 0.3) is 5.52 Å². The van der Waals surface area contributed by atoms with Crippen LogP contribution in [0, 0.1) is 0 Å². The number of aromatic nitrogens is 2. The van der Waals surface area contributed by atoms with Crippen LogP contribution in [-0.2, 0) is 0 Å². The second kappa shape index (κ2) is 9.87. The van der Waals surface area contributed by atoms with E-state index < -0.39 is 0 Å². The van der Waals surface area contributed by atoms with E-state index in [1.807, 2.05) is 33.7 Å². The molecule has 9 nitrogen and oxygen atoms in total. The predicted molar refractivity (Wildman–Crippen MR) is 124 cm³/mol. The van der Waals surface area contributed by atoms with Crippen molar-refractivity contribution in [1.82, 2.24) is 34.3 Å². The van der Waals surface area contributed by atoms with Crippen molar-refractivity contribution in [2.45, 2.75) is 25.3 Å². The number of rotatable bonds is 6. The summed E-state index contributed by atoms with van der Waals surface area (Å²) in [6.45, 7) is 6.70. The molecule has 2 aromatic heterocycles. The molecule has 0 bridgehead atoms. The maximum Gasteiger partial charge on any atom is 0.320 e. The fourth-order valence-electron chi connectivity index (χ4n) is 4.64. The Labute approximate surface area is 190 Å². The molecule has 1 unspecified atom stereocenters. The van der Waals surface area contributed by atoms with Crippen LogP contribution in [-0.4, -0.2) is 108 Å². The van der Waals surface area contributed by atoms with Gasteiger partial charge in [0.05, 0.1) is 11.6 Å². The Balaban J connectivity index is 1.44. The molecular weight excluding hydrogens is 406 g/mol. The van der Waals surface area contributed by atoms with Gasteiger partial charge >= 0.3 is 6.03 Å². The molecule has 0 aliphatic carbocycles. The number of pyridine rings is 1. The van der Waals surface area contributed by atoms with Gasteiger partial charge < -0.3 is 29.3 Å². The predicted octanol–water partition coefficient (Wildman–Crippen LogP) is 1.52. The van der Waals surface area contributed by atoms with E-state index in [0.29, 0.717) is 18.8 Å². The number of likely N-dealkylation sites (tertiary alicyclic amines) is 1. The molecule has 2 saturated heterocycles. The van der Waals surface area contributed by atoms with Gasteiger partial charge in [-0.25, -0.2) is 9.78 Å². The van der Waals surface area contributed by atoms with E-state index in [1.165, 1.54) is 0 Å². The molecule has 2 fully saturated rings. The molecule has 4 rings (SSSR count). The van der Waals surface area contributed by atoms with Crippen LogP contribution >= 0.6 is 0 Å². The Morgan fingerprint density at radius 1 is 1.16 bits per heavy atom. The van der Waals surface area contributed by atoms with Gasteiger partial charge in [0.1, 0.15) is 5.82 Å². The summed E-state index contributed by atoms with van der Waals surface area (Å²) in [6, 6.07) is 5.63. The van der Waals surface area contributed by atoms with Crippen molar-refractivity contribution in [1.29, 1.82) is 0 Å². The second-order valence-corrected chi connectivity index (χ2v) is 9.06. The zero-order chi connectivity index (χ0) is 22.7. The lowest BCUT2D eigenvalue weighted by Crippen LogP contribution is -2.45. The highest BCUT2D eigenvalue weighted by Crippen LogP contribution is 2.33. The van der Waals surface area contributed by atoms with Crippen LogP contribution in [0.3, 0.4) is 0 Å². The fraction of sp³-hybridized carbons (Fsp3) is 0.609. The Morgan fingerprint density at radius 2 is 1.94 bits per heavy atom. The van der Waals surface area contributed by atoms with Crippen LogP contribution in [0.1, 0.15) is 41.6 Å². The van der Waals surface area contributed by atoms with Gasteiger partial charge in [-0.05, 0) is 45.0 Å². The Bertz CT molecular complexity index is 949. The zero-order valence-corrected chi connectivity index (χ0v) is 19.5. The van der Waals surface area contributed by atoms with Crippen molar-refractivity contribution >= 4 is 17.5 Å². The Kier molecular flexibility index (Phi) is 6.95. The number of fused-ring (bicyclic) bond motifs is 1. The number of likely N-dealkylation sites (N-methyl/N-ethyl adjacent to an activating group) is 1. The number of hydrogen-bond donors (Lipinski definition) is 1. The molecular formula is C23H35N7O2. The number of carbonyl (C=O) groups is 2. The third-order valence-corrected chi connectivity index (χ3v) is 6.50. The lowest BCUT2D eigenvalue weighted by molar-refractivity contribution is 0.0946. The van der Waals surface area contributed by atoms with Crippen molar-refractivity contribution in [3.8, 4) is 0 Å². The van der Waals surface area contributed by atoms with Gasteiger partial charge in [0.15, 0.2) is 5.69 Å². The third kappa shape index (κ3) is 4.73. The van der Waals surface area contributed by atoms with Gasteiger partial charge in [-0.15, -0.1) is 0 Å². The minimum Gasteiger partial charge on any atom is -0.351 e. The van der Waals surface area contributed by atoms with Gasteiger partial charge in [0, 0.05) is 59.6 Å². The topological polar surface area (TPSA) is 76.4 Å². The first-order valence-electron chi connectivity index (χ1n) is 11.6. The fourth-order valence-corrected chi connectivity index (χ4v) is 4.64. The average molecular weight is 442 g/mol. The van der Waals surface area contributed by atoms with Crippen molar-refractivity contribution < 1.29 is 9.59 Å². The van der Waals surface area contributed by atoms with Crippen LogP contribution < -0.4 is 5.32 Å². The summed E-state index contributed by atoms with van der Waals surface area (Å²) < 4.78 is 1.96. The molecule has 0 saturated carbocycles. The molecule has 0 spiro atoms. The highest BCUT2D eigenvalue weighted by Gasteiger charge is 2.34. The van der Waals surface area contributed by atoms with Crippen molar-refractivity contribution in [3.63, 3.8) is 0 Å². The quantitative estimate of drug-likeness (QED) is 0.688. The van der Waals surface area contributed by atoms with Gasteiger partial charge in [0.25, 0.3) is 5.91 Å². The molecule has 4 heterocycles. The number of carbonyl (C=O) groups excluding carboxylic acids is 2. The Hall–Kier alpha value is -2.65. The maximum absolute atomic E-state index is 13.0. The highest BCUT2D eigenvalue weighted by molar-refractivity contribution is 5.99. The summed E-state index contributed by atoms with van der Waals surface area (Å²) >= 11 is 0. The summed E-state index contributed by atoms with van der Waals surface area (Å²) in [5.74, 6) is 0.609. The smallest absolute Gasteiger partial charge is 0.320 e. The van der Waals surface area contributed by atoms with Crippen LogP contribution in [0.5, 0.6) is 0 Å². The number of hydrogen-bond acceptors (Lipinski definition) is 5. The summed E-state index contributed by atoms with van der Waals surface area (Å²) in [6.07, 6.45) is 4.62. The molecule has 32 heavy (non-hydrogen) atoms. The van der Waals surface area contributed by atoms with E-state index in [1.54, 1.807) is 19.0 Å². The molecule has 9 heteroatoms. The summed E-state index contributed by atoms with van der Waals surface area (Å²) in [5, 5.41) is 3.05. The average Bonchev–Trinajstić information content (AvgIpc) is 3.42. The SMILES string of the molecule is CN1CCN(CCCNC(=O)c2nc(C3CCCN3C(=O)N(C)C)n3ccccc23)CC1. The van der Waals surface area contributed by atoms with E-state index in [0.717, 1.165) is 63.3 Å². The number of amides is 3. The monoisotopic (exact) mass is 441 g/mol. The molecule has 3 amide bonds. The molecule has 2 aliphatic rings. The molecule has 1 atom stereocenters. The number of nitrogens with one attached hydrogen (secondary N) is 1. The first kappa shape index (κ1) is 22.5. The summed E-state index contributed by atoms with van der Waals surface area (Å²) in [7, 11) is 5.69. The van der Waals surface area contributed by atoms with E-state index in [2.05, 4.69) is 22.2 Å². The van der Waals surface area contributed by atoms with Crippen LogP contribution in [0.2, 0.25) is 0 Å². The van der Waals surface area contributed by atoms with Gasteiger partial charge in [-0.3, -0.25) is 4.79 Å². The van der Waals surface area contributed by atoms with Gasteiger partial charge in [-0.1, -0.05) is 6.07 Å². The normalized spacial score (nSPS) is 20.1. The van der Waals surface area contributed by atoms with Crippen molar-refractivity contribution in [2.24, 2.45) is 0 Å². The van der Waals surface area contributed by atoms with E-state index in [4.69, 9.17) is 4.98 Å². The summed E-state index contributed by atoms with van der Waals surface area (Å²) in [4.78, 5) is 38.7. The van der Waals surface area contributed by atoms with E-state index in [9.17, 15) is 9.59 Å². The summed E-state index contributed by atoms with van der Waals surface area (Å²) in [5.41, 5.74) is 1.22. The van der Waals surface area contributed by atoms with Gasteiger partial charge in [0.2, 0.25) is 0 Å². The molecule has 2 aromatic rings. The molecule has 1 N–H and O–H groups in total. The Morgan fingerprint density at radius 3 is 2.69 bits per heavy atom. The first-order valence-corrected chi connectivity index (χ1v) is 11.6. The number of urea groups is 1. The molecule has 174 valence electrons. The number of nitrogens with zero attached hydrogens (tertiary/aromatic N) is 6. The third-order valence-electron chi connectivity index (χ3n) is 6.50. The van der Waals surface area contributed by atoms with Crippen LogP contribution in [0.4, 0.5) is 4.79 Å². The minimum absolute atomic E-state index is 0.0184. The number of imidazole rings is 1. The van der Waals surface area contributed by atoms with E-state index >= 15 is 0 Å². The molecule has 0 radical (unpaired) electrons. The highest BCUT2D eigenvalue weighted by atomic mass is 16.2. The molecule has 0 aromatic carbocycles. The van der Waals surface area contributed by atoms with Crippen molar-refractivity contribution in [3.05, 3.63) is 35.9 Å². The molecule has 2 aliphatic heterocycles. The zero-order valence-electron chi connectivity index (χ0n) is 19.5. The van der Waals surface area contributed by atoms with Crippen LogP contribution in [0.15, 0.2) is 24.4 Å². The van der Waals surface area contributed by atoms with Crippen molar-refractivity contribution in [2.75, 3.05) is 67.0 Å². The second-order valence-electron chi connectivity index (χ2n) is 9.06. The maximum atomic E-state index is 13.0. The minimum atomic E-state index is -0.151. The standard InChI is InChI=1S/C23H35N7O2/c1-26(2)23(32)30-13-6-9-19(30)21-25-20(18-8-4-5-12-29(18)21)22(31)24-10-7-11-28-16-14-27(3)15-17-28/h4-5,8,12,19H,6-7,9-11,13-17H2,1-3H3,(H,24,31). The largest absolute Gasteiger partial charge is 0.351 e. The first-order chi connectivity index (χ1) is 15.5. The lowest BCUT2D eigenvalue weighted by Gasteiger charge is -2.32. The van der Waals surface area contributed by atoms with E-state index in [-0.39, 0.29) is 18.0 Å².